The Balaban J connectivity index is 0.000000168. The first-order valence-electron chi connectivity index (χ1n) is 13.0. The number of aryl methyl sites for hydroxylation is 1. The lowest BCUT2D eigenvalue weighted by molar-refractivity contribution is -0.140. The van der Waals surface area contributed by atoms with Gasteiger partial charge in [0.1, 0.15) is 0 Å². The average Bonchev–Trinajstić information content (AvgIpc) is 3.42. The molecular weight excluding hydrogens is 490 g/mol. The largest absolute Gasteiger partial charge is 0.326 e. The molecule has 7 heteroatoms. The first kappa shape index (κ1) is 29.2. The molecule has 2 aliphatic rings. The molecule has 4 amide bonds. The number of likely N-dealkylation sites (tertiary alicyclic amines) is 1. The number of imide groups is 2. The molecular formula is C32H35N3O4. The van der Waals surface area contributed by atoms with Crippen LogP contribution in [0, 0.1) is 12.8 Å². The lowest BCUT2D eigenvalue weighted by atomic mass is 10.1. The van der Waals surface area contributed by atoms with Crippen molar-refractivity contribution in [2.45, 2.75) is 46.3 Å². The second-order valence-corrected chi connectivity index (χ2v) is 9.38. The number of hydrogen-bond acceptors (Lipinski definition) is 5. The summed E-state index contributed by atoms with van der Waals surface area (Å²) in [6.45, 7) is 5.42. The van der Waals surface area contributed by atoms with Crippen LogP contribution in [0.4, 0.5) is 0 Å². The molecule has 5 rings (SSSR count). The van der Waals surface area contributed by atoms with Crippen molar-refractivity contribution < 1.29 is 19.2 Å². The summed E-state index contributed by atoms with van der Waals surface area (Å²) in [7, 11) is 0. The van der Waals surface area contributed by atoms with Gasteiger partial charge in [0, 0.05) is 31.0 Å². The smallest absolute Gasteiger partial charge is 0.253 e. The zero-order valence-corrected chi connectivity index (χ0v) is 22.5. The van der Waals surface area contributed by atoms with E-state index < -0.39 is 0 Å². The van der Waals surface area contributed by atoms with Crippen LogP contribution >= 0.6 is 0 Å². The molecule has 2 N–H and O–H groups in total. The van der Waals surface area contributed by atoms with Gasteiger partial charge in [-0.3, -0.25) is 29.0 Å². The van der Waals surface area contributed by atoms with Gasteiger partial charge in [0.05, 0.1) is 13.1 Å². The zero-order valence-electron chi connectivity index (χ0n) is 22.5. The fraction of sp³-hybridized carbons (Fsp3) is 0.250. The maximum absolute atomic E-state index is 11.9. The molecule has 3 aromatic carbocycles. The van der Waals surface area contributed by atoms with E-state index in [-0.39, 0.29) is 29.5 Å². The van der Waals surface area contributed by atoms with Gasteiger partial charge in [-0.15, -0.1) is 0 Å². The van der Waals surface area contributed by atoms with Gasteiger partial charge in [-0.05, 0) is 30.0 Å². The van der Waals surface area contributed by atoms with Gasteiger partial charge >= 0.3 is 0 Å². The molecule has 2 aliphatic heterocycles. The van der Waals surface area contributed by atoms with E-state index in [0.29, 0.717) is 26.1 Å². The topological polar surface area (TPSA) is 101 Å². The molecule has 0 radical (unpaired) electrons. The average molecular weight is 526 g/mol. The van der Waals surface area contributed by atoms with Crippen LogP contribution in [-0.2, 0) is 38.8 Å². The summed E-state index contributed by atoms with van der Waals surface area (Å²) in [6.07, 6.45) is 3.72. The van der Waals surface area contributed by atoms with Crippen LogP contribution in [0.25, 0.3) is 0 Å². The summed E-state index contributed by atoms with van der Waals surface area (Å²) < 4.78 is 0. The van der Waals surface area contributed by atoms with Crippen molar-refractivity contribution in [3.05, 3.63) is 119 Å². The Morgan fingerprint density at radius 1 is 0.692 bits per heavy atom. The van der Waals surface area contributed by atoms with Gasteiger partial charge < -0.3 is 5.73 Å². The SMILES string of the molecule is CC[C@@H]1CC(=O)N(Cc2ccccc2)C1=O.Cc1ccc(CN)cc1.O=C1C=CC(=O)N1Cc1ccccc1. The highest BCUT2D eigenvalue weighted by Crippen LogP contribution is 2.24. The predicted molar refractivity (Wildman–Crippen MR) is 151 cm³/mol. The molecule has 1 atom stereocenters. The lowest BCUT2D eigenvalue weighted by Gasteiger charge is -2.14. The summed E-state index contributed by atoms with van der Waals surface area (Å²) in [6, 6.07) is 27.3. The molecule has 0 aromatic heterocycles. The Hall–Kier alpha value is -4.36. The number of rotatable bonds is 6. The van der Waals surface area contributed by atoms with Crippen molar-refractivity contribution in [1.82, 2.24) is 9.80 Å². The van der Waals surface area contributed by atoms with Crippen molar-refractivity contribution in [2.75, 3.05) is 0 Å². The fourth-order valence-electron chi connectivity index (χ4n) is 4.08. The van der Waals surface area contributed by atoms with Gasteiger partial charge in [0.15, 0.2) is 0 Å². The molecule has 39 heavy (non-hydrogen) atoms. The maximum Gasteiger partial charge on any atom is 0.253 e. The predicted octanol–water partition coefficient (Wildman–Crippen LogP) is 4.54. The molecule has 0 aliphatic carbocycles. The van der Waals surface area contributed by atoms with E-state index in [0.717, 1.165) is 17.5 Å². The number of nitrogens with two attached hydrogens (primary N) is 1. The van der Waals surface area contributed by atoms with E-state index in [4.69, 9.17) is 5.73 Å². The van der Waals surface area contributed by atoms with Gasteiger partial charge in [-0.25, -0.2) is 0 Å². The summed E-state index contributed by atoms with van der Waals surface area (Å²) >= 11 is 0. The second kappa shape index (κ2) is 14.5. The number of carbonyl (C=O) groups is 4. The first-order valence-corrected chi connectivity index (χ1v) is 13.0. The minimum atomic E-state index is -0.237. The molecule has 0 spiro atoms. The number of hydrogen-bond donors (Lipinski definition) is 1. The normalized spacial score (nSPS) is 16.1. The number of carbonyl (C=O) groups excluding carboxylic acids is 4. The number of amides is 4. The fourth-order valence-corrected chi connectivity index (χ4v) is 4.08. The Bertz CT molecular complexity index is 1270. The van der Waals surface area contributed by atoms with Gasteiger partial charge in [-0.2, -0.15) is 0 Å². The third-order valence-corrected chi connectivity index (χ3v) is 6.45. The molecule has 7 nitrogen and oxygen atoms in total. The Kier molecular flexibility index (Phi) is 10.9. The highest BCUT2D eigenvalue weighted by Gasteiger charge is 2.36. The minimum absolute atomic E-state index is 0.0173. The van der Waals surface area contributed by atoms with Crippen LogP contribution in [0.15, 0.2) is 97.1 Å². The van der Waals surface area contributed by atoms with Crippen LogP contribution in [0.2, 0.25) is 0 Å². The van der Waals surface area contributed by atoms with E-state index in [2.05, 4.69) is 31.2 Å². The Labute approximate surface area is 229 Å². The van der Waals surface area contributed by atoms with E-state index in [1.807, 2.05) is 67.6 Å². The van der Waals surface area contributed by atoms with Gasteiger partial charge in [0.25, 0.3) is 11.8 Å². The van der Waals surface area contributed by atoms with Crippen molar-refractivity contribution in [1.29, 1.82) is 0 Å². The number of benzene rings is 3. The highest BCUT2D eigenvalue weighted by molar-refractivity contribution is 6.12. The molecule has 202 valence electrons. The Morgan fingerprint density at radius 2 is 1.18 bits per heavy atom. The monoisotopic (exact) mass is 525 g/mol. The summed E-state index contributed by atoms with van der Waals surface area (Å²) in [5, 5.41) is 0. The molecule has 0 saturated carbocycles. The molecule has 1 saturated heterocycles. The quantitative estimate of drug-likeness (QED) is 0.477. The summed E-state index contributed by atoms with van der Waals surface area (Å²) in [5.41, 5.74) is 9.84. The lowest BCUT2D eigenvalue weighted by Crippen LogP contribution is -2.29. The van der Waals surface area contributed by atoms with Crippen molar-refractivity contribution in [3.63, 3.8) is 0 Å². The van der Waals surface area contributed by atoms with Crippen LogP contribution in [0.1, 0.15) is 42.0 Å². The third-order valence-electron chi connectivity index (χ3n) is 6.45. The van der Waals surface area contributed by atoms with Crippen molar-refractivity contribution >= 4 is 23.6 Å². The summed E-state index contributed by atoms with van der Waals surface area (Å²) in [5.74, 6) is -0.633. The van der Waals surface area contributed by atoms with Crippen LogP contribution < -0.4 is 5.73 Å². The summed E-state index contributed by atoms with van der Waals surface area (Å²) in [4.78, 5) is 48.5. The molecule has 2 heterocycles. The zero-order chi connectivity index (χ0) is 28.2. The van der Waals surface area contributed by atoms with E-state index in [1.165, 1.54) is 33.1 Å². The second-order valence-electron chi connectivity index (χ2n) is 9.38. The van der Waals surface area contributed by atoms with Crippen LogP contribution in [0.5, 0.6) is 0 Å². The van der Waals surface area contributed by atoms with Crippen LogP contribution in [-0.4, -0.2) is 33.4 Å². The standard InChI is InChI=1S/C13H15NO2.C11H9NO2.C8H11N/c1-2-11-8-12(15)14(13(11)16)9-10-6-4-3-5-7-10;13-10-6-7-11(14)12(10)8-9-4-2-1-3-5-9;1-7-2-4-8(6-9)5-3-7/h3-7,11H,2,8-9H2,1H3;1-7H,8H2;2-5H,6,9H2,1H3/t11-;;/m1../s1. The first-order chi connectivity index (χ1) is 18.8. The van der Waals surface area contributed by atoms with Gasteiger partial charge in [0.2, 0.25) is 11.8 Å². The van der Waals surface area contributed by atoms with E-state index in [9.17, 15) is 19.2 Å². The van der Waals surface area contributed by atoms with Crippen LogP contribution in [0.3, 0.4) is 0 Å². The third kappa shape index (κ3) is 8.58. The van der Waals surface area contributed by atoms with E-state index >= 15 is 0 Å². The Morgan fingerprint density at radius 3 is 1.62 bits per heavy atom. The molecule has 0 unspecified atom stereocenters. The molecule has 1 fully saturated rings. The molecule has 3 aromatic rings. The van der Waals surface area contributed by atoms with Gasteiger partial charge in [-0.1, -0.05) is 97.4 Å². The van der Waals surface area contributed by atoms with E-state index in [1.54, 1.807) is 0 Å². The minimum Gasteiger partial charge on any atom is -0.326 e. The molecule has 0 bridgehead atoms. The maximum atomic E-state index is 11.9. The van der Waals surface area contributed by atoms with Crippen molar-refractivity contribution in [2.24, 2.45) is 11.7 Å². The van der Waals surface area contributed by atoms with Crippen molar-refractivity contribution in [3.8, 4) is 0 Å². The number of nitrogens with zero attached hydrogens (tertiary/aromatic N) is 2. The highest BCUT2D eigenvalue weighted by atomic mass is 16.2.